The van der Waals surface area contributed by atoms with Crippen LogP contribution < -0.4 is 5.32 Å². The summed E-state index contributed by atoms with van der Waals surface area (Å²) in [6.45, 7) is 1.99. The molecular formula is C18H19F4N3O3S. The molecule has 1 saturated heterocycles. The fraction of sp³-hybridized carbons (Fsp3) is 0.389. The number of likely N-dealkylation sites (tertiary alicyclic amines) is 1. The first-order valence-electron chi connectivity index (χ1n) is 8.70. The molecule has 0 bridgehead atoms. The predicted octanol–water partition coefficient (Wildman–Crippen LogP) is 4.01. The van der Waals surface area contributed by atoms with Gasteiger partial charge < -0.3 is 15.3 Å². The van der Waals surface area contributed by atoms with Gasteiger partial charge in [0.25, 0.3) is 0 Å². The Balaban J connectivity index is 0.000000370. The van der Waals surface area contributed by atoms with Crippen molar-refractivity contribution < 1.29 is 32.3 Å². The number of thiazole rings is 1. The molecule has 1 aliphatic heterocycles. The van der Waals surface area contributed by atoms with Gasteiger partial charge in [-0.15, -0.1) is 11.3 Å². The predicted molar refractivity (Wildman–Crippen MR) is 100 cm³/mol. The highest BCUT2D eigenvalue weighted by Crippen LogP contribution is 2.25. The lowest BCUT2D eigenvalue weighted by Crippen LogP contribution is -2.39. The maximum Gasteiger partial charge on any atom is 0.490 e. The van der Waals surface area contributed by atoms with E-state index < -0.39 is 12.1 Å². The van der Waals surface area contributed by atoms with Crippen LogP contribution in [-0.4, -0.2) is 52.7 Å². The highest BCUT2D eigenvalue weighted by atomic mass is 32.1. The number of rotatable bonds is 4. The van der Waals surface area contributed by atoms with Gasteiger partial charge in [0.05, 0.1) is 12.2 Å². The number of nitrogens with one attached hydrogen (secondary N) is 1. The van der Waals surface area contributed by atoms with Crippen LogP contribution in [0.1, 0.15) is 19.3 Å². The SMILES string of the molecule is O=C(CNc1nc(-c2ccc(F)cc2)cs1)N1CCCCC1.O=C(O)C(F)(F)F. The molecule has 2 N–H and O–H groups in total. The van der Waals surface area contributed by atoms with Crippen LogP contribution in [0.15, 0.2) is 29.6 Å². The van der Waals surface area contributed by atoms with Crippen LogP contribution >= 0.6 is 11.3 Å². The van der Waals surface area contributed by atoms with E-state index >= 15 is 0 Å². The number of carboxylic acid groups (broad SMARTS) is 1. The maximum atomic E-state index is 12.9. The van der Waals surface area contributed by atoms with Gasteiger partial charge in [-0.3, -0.25) is 4.79 Å². The summed E-state index contributed by atoms with van der Waals surface area (Å²) < 4.78 is 44.7. The normalized spacial score (nSPS) is 14.0. The number of halogens is 4. The number of anilines is 1. The Kier molecular flexibility index (Phi) is 7.94. The second-order valence-electron chi connectivity index (χ2n) is 6.14. The third-order valence-corrected chi connectivity index (χ3v) is 4.79. The van der Waals surface area contributed by atoms with E-state index in [9.17, 15) is 22.4 Å². The Labute approximate surface area is 168 Å². The first kappa shape index (κ1) is 22.6. The van der Waals surface area contributed by atoms with Gasteiger partial charge in [-0.1, -0.05) is 0 Å². The summed E-state index contributed by atoms with van der Waals surface area (Å²) in [5.74, 6) is -2.89. The van der Waals surface area contributed by atoms with Gasteiger partial charge in [0.2, 0.25) is 5.91 Å². The van der Waals surface area contributed by atoms with Crippen molar-refractivity contribution in [3.63, 3.8) is 0 Å². The number of benzene rings is 1. The van der Waals surface area contributed by atoms with Crippen molar-refractivity contribution >= 4 is 28.3 Å². The standard InChI is InChI=1S/C16H18FN3OS.C2HF3O2/c17-13-6-4-12(5-7-13)14-11-22-16(19-14)18-10-15(21)20-8-2-1-3-9-20;3-2(4,5)1(6)7/h4-7,11H,1-3,8-10H2,(H,18,19);(H,6,7). The molecule has 0 saturated carbocycles. The molecule has 1 aromatic heterocycles. The van der Waals surface area contributed by atoms with Gasteiger partial charge in [0.1, 0.15) is 5.82 Å². The molecule has 0 aliphatic carbocycles. The second kappa shape index (κ2) is 10.2. The molecule has 6 nitrogen and oxygen atoms in total. The number of nitrogens with zero attached hydrogens (tertiary/aromatic N) is 2. The van der Waals surface area contributed by atoms with Crippen molar-refractivity contribution in [2.75, 3.05) is 25.0 Å². The number of amides is 1. The molecule has 0 spiro atoms. The van der Waals surface area contributed by atoms with E-state index in [1.165, 1.54) is 29.9 Å². The van der Waals surface area contributed by atoms with Crippen molar-refractivity contribution in [1.82, 2.24) is 9.88 Å². The fourth-order valence-corrected chi connectivity index (χ4v) is 3.23. The van der Waals surface area contributed by atoms with Crippen molar-refractivity contribution in [3.8, 4) is 11.3 Å². The number of hydrogen-bond acceptors (Lipinski definition) is 5. The Morgan fingerprint density at radius 1 is 1.14 bits per heavy atom. The summed E-state index contributed by atoms with van der Waals surface area (Å²) in [6, 6.07) is 6.24. The Morgan fingerprint density at radius 3 is 2.28 bits per heavy atom. The topological polar surface area (TPSA) is 82.5 Å². The van der Waals surface area contributed by atoms with E-state index in [1.54, 1.807) is 12.1 Å². The number of aliphatic carboxylic acids is 1. The summed E-state index contributed by atoms with van der Waals surface area (Å²) >= 11 is 1.45. The molecule has 1 fully saturated rings. The number of alkyl halides is 3. The summed E-state index contributed by atoms with van der Waals surface area (Å²) in [5.41, 5.74) is 1.66. The van der Waals surface area contributed by atoms with Crippen LogP contribution in [0.4, 0.5) is 22.7 Å². The molecule has 1 amide bonds. The third-order valence-electron chi connectivity index (χ3n) is 3.99. The molecule has 3 rings (SSSR count). The van der Waals surface area contributed by atoms with Crippen molar-refractivity contribution in [2.24, 2.45) is 0 Å². The molecule has 1 aromatic carbocycles. The van der Waals surface area contributed by atoms with Crippen LogP contribution in [0.3, 0.4) is 0 Å². The Bertz CT molecular complexity index is 819. The monoisotopic (exact) mass is 433 g/mol. The van der Waals surface area contributed by atoms with Gasteiger partial charge in [-0.25, -0.2) is 14.2 Å². The molecule has 29 heavy (non-hydrogen) atoms. The molecule has 2 aromatic rings. The lowest BCUT2D eigenvalue weighted by Gasteiger charge is -2.26. The maximum absolute atomic E-state index is 12.9. The quantitative estimate of drug-likeness (QED) is 0.712. The van der Waals surface area contributed by atoms with Crippen LogP contribution in [0, 0.1) is 5.82 Å². The van der Waals surface area contributed by atoms with Crippen LogP contribution in [0.5, 0.6) is 0 Å². The third kappa shape index (κ3) is 7.33. The largest absolute Gasteiger partial charge is 0.490 e. The first-order valence-corrected chi connectivity index (χ1v) is 9.58. The first-order chi connectivity index (χ1) is 13.7. The molecular weight excluding hydrogens is 414 g/mol. The highest BCUT2D eigenvalue weighted by molar-refractivity contribution is 7.14. The van der Waals surface area contributed by atoms with Gasteiger partial charge in [-0.05, 0) is 43.5 Å². The summed E-state index contributed by atoms with van der Waals surface area (Å²) in [5, 5.41) is 12.8. The minimum absolute atomic E-state index is 0.123. The average Bonchev–Trinajstić information content (AvgIpc) is 3.16. The second-order valence-corrected chi connectivity index (χ2v) is 7.00. The van der Waals surface area contributed by atoms with Crippen molar-refractivity contribution in [1.29, 1.82) is 0 Å². The highest BCUT2D eigenvalue weighted by Gasteiger charge is 2.38. The number of carboxylic acids is 1. The molecule has 1 aliphatic rings. The Hall–Kier alpha value is -2.69. The van der Waals surface area contributed by atoms with Gasteiger partial charge >= 0.3 is 12.1 Å². The smallest absolute Gasteiger partial charge is 0.475 e. The van der Waals surface area contributed by atoms with E-state index in [2.05, 4.69) is 10.3 Å². The summed E-state index contributed by atoms with van der Waals surface area (Å²) in [7, 11) is 0. The minimum atomic E-state index is -5.08. The van der Waals surface area contributed by atoms with E-state index in [-0.39, 0.29) is 18.3 Å². The average molecular weight is 433 g/mol. The van der Waals surface area contributed by atoms with Gasteiger partial charge in [0.15, 0.2) is 5.13 Å². The lowest BCUT2D eigenvalue weighted by molar-refractivity contribution is -0.192. The number of carbonyl (C=O) groups is 2. The molecule has 0 atom stereocenters. The van der Waals surface area contributed by atoms with Crippen molar-refractivity contribution in [2.45, 2.75) is 25.4 Å². The van der Waals surface area contributed by atoms with Gasteiger partial charge in [0, 0.05) is 24.0 Å². The fourth-order valence-electron chi connectivity index (χ4n) is 2.51. The van der Waals surface area contributed by atoms with Crippen LogP contribution in [-0.2, 0) is 9.59 Å². The number of aromatic nitrogens is 1. The van der Waals surface area contributed by atoms with E-state index in [0.717, 1.165) is 37.2 Å². The zero-order valence-corrected chi connectivity index (χ0v) is 16.0. The zero-order chi connectivity index (χ0) is 21.4. The number of carbonyl (C=O) groups excluding carboxylic acids is 1. The molecule has 0 radical (unpaired) electrons. The van der Waals surface area contributed by atoms with Crippen molar-refractivity contribution in [3.05, 3.63) is 35.5 Å². The molecule has 2 heterocycles. The van der Waals surface area contributed by atoms with E-state index in [4.69, 9.17) is 9.90 Å². The molecule has 158 valence electrons. The number of hydrogen-bond donors (Lipinski definition) is 2. The minimum Gasteiger partial charge on any atom is -0.475 e. The lowest BCUT2D eigenvalue weighted by atomic mass is 10.1. The molecule has 0 unspecified atom stereocenters. The van der Waals surface area contributed by atoms with Gasteiger partial charge in [-0.2, -0.15) is 13.2 Å². The summed E-state index contributed by atoms with van der Waals surface area (Å²) in [4.78, 5) is 27.3. The van der Waals surface area contributed by atoms with E-state index in [0.29, 0.717) is 5.13 Å². The number of piperidine rings is 1. The van der Waals surface area contributed by atoms with Crippen LogP contribution in [0.25, 0.3) is 11.3 Å². The summed E-state index contributed by atoms with van der Waals surface area (Å²) in [6.07, 6.45) is -1.68. The van der Waals surface area contributed by atoms with Crippen LogP contribution in [0.2, 0.25) is 0 Å². The zero-order valence-electron chi connectivity index (χ0n) is 15.2. The molecule has 11 heteroatoms. The Morgan fingerprint density at radius 2 is 1.72 bits per heavy atom. The van der Waals surface area contributed by atoms with E-state index in [1.807, 2.05) is 10.3 Å².